The highest BCUT2D eigenvalue weighted by molar-refractivity contribution is 6.62. The molecule has 4 heteroatoms. The molecule has 1 heterocycles. The Bertz CT molecular complexity index is 729. The van der Waals surface area contributed by atoms with Crippen LogP contribution in [0.25, 0.3) is 0 Å². The van der Waals surface area contributed by atoms with Crippen LogP contribution in [0.4, 0.5) is 0 Å². The van der Waals surface area contributed by atoms with Crippen LogP contribution < -0.4 is 10.2 Å². The third kappa shape index (κ3) is 13.8. The highest BCUT2D eigenvalue weighted by Gasteiger charge is 2.51. The van der Waals surface area contributed by atoms with Gasteiger partial charge in [-0.3, -0.25) is 0 Å². The van der Waals surface area contributed by atoms with Crippen molar-refractivity contribution >= 4 is 12.6 Å². The lowest BCUT2D eigenvalue weighted by atomic mass is 9.79. The van der Waals surface area contributed by atoms with Crippen LogP contribution in [0.15, 0.2) is 24.3 Å². The normalized spacial score (nSPS) is 16.9. The average molecular weight is 557 g/mol. The van der Waals surface area contributed by atoms with Gasteiger partial charge in [-0.2, -0.15) is 0 Å². The maximum absolute atomic E-state index is 6.35. The zero-order chi connectivity index (χ0) is 29.1. The van der Waals surface area contributed by atoms with E-state index >= 15 is 0 Å². The molecule has 1 aromatic rings. The second kappa shape index (κ2) is 20.0. The summed E-state index contributed by atoms with van der Waals surface area (Å²) in [6, 6.07) is 8.39. The van der Waals surface area contributed by atoms with E-state index in [9.17, 15) is 0 Å². The first kappa shape index (κ1) is 35.2. The van der Waals surface area contributed by atoms with E-state index in [-0.39, 0.29) is 18.3 Å². The number of benzene rings is 1. The molecule has 1 aliphatic rings. The van der Waals surface area contributed by atoms with Gasteiger partial charge >= 0.3 is 7.12 Å². The summed E-state index contributed by atoms with van der Waals surface area (Å²) in [5.74, 6) is 1.63. The predicted octanol–water partition coefficient (Wildman–Crippen LogP) is 10.8. The van der Waals surface area contributed by atoms with Crippen LogP contribution in [0.2, 0.25) is 0 Å². The SMILES string of the molecule is CCCCCCCCCCCCC(CCCCCCCCCC)COc1ccc(B2OC(C)(C)C(C)(C)O2)cc1. The van der Waals surface area contributed by atoms with E-state index in [1.54, 1.807) is 0 Å². The fourth-order valence-corrected chi connectivity index (χ4v) is 5.71. The minimum atomic E-state index is -0.315. The molecule has 0 saturated carbocycles. The molecule has 1 aliphatic heterocycles. The van der Waals surface area contributed by atoms with Crippen molar-refractivity contribution in [3.8, 4) is 5.75 Å². The van der Waals surface area contributed by atoms with Gasteiger partial charge in [0.2, 0.25) is 0 Å². The van der Waals surface area contributed by atoms with Crippen molar-refractivity contribution in [1.82, 2.24) is 0 Å². The molecule has 230 valence electrons. The number of unbranched alkanes of at least 4 members (excludes halogenated alkanes) is 16. The van der Waals surface area contributed by atoms with E-state index in [1.165, 1.54) is 128 Å². The Morgan fingerprint density at radius 2 is 0.950 bits per heavy atom. The van der Waals surface area contributed by atoms with Crippen LogP contribution in [0, 0.1) is 5.92 Å². The highest BCUT2D eigenvalue weighted by atomic mass is 16.7. The quantitative estimate of drug-likeness (QED) is 0.0936. The zero-order valence-electron chi connectivity index (χ0n) is 27.5. The van der Waals surface area contributed by atoms with E-state index in [4.69, 9.17) is 14.0 Å². The summed E-state index contributed by atoms with van der Waals surface area (Å²) in [5.41, 5.74) is 0.431. The van der Waals surface area contributed by atoms with E-state index in [0.29, 0.717) is 5.92 Å². The van der Waals surface area contributed by atoms with Gasteiger partial charge in [0, 0.05) is 0 Å². The van der Waals surface area contributed by atoms with Gasteiger partial charge in [-0.25, -0.2) is 0 Å². The second-order valence-electron chi connectivity index (χ2n) is 13.6. The molecule has 0 aromatic heterocycles. The number of hydrogen-bond acceptors (Lipinski definition) is 3. The van der Waals surface area contributed by atoms with Gasteiger partial charge in [0.25, 0.3) is 0 Å². The van der Waals surface area contributed by atoms with Gasteiger partial charge in [-0.1, -0.05) is 142 Å². The predicted molar refractivity (Wildman–Crippen MR) is 175 cm³/mol. The molecule has 1 unspecified atom stereocenters. The van der Waals surface area contributed by atoms with E-state index in [1.807, 2.05) is 0 Å². The molecule has 0 amide bonds. The van der Waals surface area contributed by atoms with Crippen LogP contribution >= 0.6 is 0 Å². The topological polar surface area (TPSA) is 27.7 Å². The molecule has 1 atom stereocenters. The van der Waals surface area contributed by atoms with Crippen LogP contribution in [-0.2, 0) is 9.31 Å². The van der Waals surface area contributed by atoms with Crippen molar-refractivity contribution in [3.05, 3.63) is 24.3 Å². The van der Waals surface area contributed by atoms with E-state index in [2.05, 4.69) is 65.8 Å². The molecule has 3 nitrogen and oxygen atoms in total. The Labute approximate surface area is 250 Å². The average Bonchev–Trinajstić information content (AvgIpc) is 3.15. The summed E-state index contributed by atoms with van der Waals surface area (Å²) in [6.45, 7) is 13.8. The first-order valence-electron chi connectivity index (χ1n) is 17.4. The van der Waals surface area contributed by atoms with Crippen LogP contribution in [0.1, 0.15) is 170 Å². The van der Waals surface area contributed by atoms with Crippen molar-refractivity contribution in [2.45, 2.75) is 181 Å². The second-order valence-corrected chi connectivity index (χ2v) is 13.6. The lowest BCUT2D eigenvalue weighted by Crippen LogP contribution is -2.41. The van der Waals surface area contributed by atoms with Crippen molar-refractivity contribution < 1.29 is 14.0 Å². The Kier molecular flexibility index (Phi) is 17.6. The van der Waals surface area contributed by atoms with Crippen molar-refractivity contribution in [1.29, 1.82) is 0 Å². The number of hydrogen-bond donors (Lipinski definition) is 0. The Hall–Kier alpha value is -0.995. The zero-order valence-corrected chi connectivity index (χ0v) is 27.5. The van der Waals surface area contributed by atoms with Crippen molar-refractivity contribution in [2.24, 2.45) is 5.92 Å². The summed E-state index contributed by atoms with van der Waals surface area (Å²) in [4.78, 5) is 0. The monoisotopic (exact) mass is 557 g/mol. The van der Waals surface area contributed by atoms with Gasteiger partial charge in [0.15, 0.2) is 0 Å². The third-order valence-electron chi connectivity index (χ3n) is 9.32. The Balaban J connectivity index is 1.73. The van der Waals surface area contributed by atoms with Gasteiger partial charge in [-0.15, -0.1) is 0 Å². The largest absolute Gasteiger partial charge is 0.494 e. The summed E-state index contributed by atoms with van der Waals surface area (Å²) >= 11 is 0. The van der Waals surface area contributed by atoms with E-state index in [0.717, 1.165) is 17.8 Å². The highest BCUT2D eigenvalue weighted by Crippen LogP contribution is 2.36. The standard InChI is InChI=1S/C36H65BO3/c1-7-9-11-13-15-17-18-20-22-24-26-32(25-23-21-19-16-14-12-10-8-2)31-38-34-29-27-33(28-30-34)37-39-35(3,4)36(5,6)40-37/h27-30,32H,7-26,31H2,1-6H3. The molecule has 0 radical (unpaired) electrons. The lowest BCUT2D eigenvalue weighted by molar-refractivity contribution is 0.00578. The fraction of sp³-hybridized carbons (Fsp3) is 0.833. The van der Waals surface area contributed by atoms with Gasteiger partial charge in [0.05, 0.1) is 17.8 Å². The molecule has 2 rings (SSSR count). The smallest absolute Gasteiger partial charge is 0.493 e. The maximum atomic E-state index is 6.35. The fourth-order valence-electron chi connectivity index (χ4n) is 5.71. The first-order valence-corrected chi connectivity index (χ1v) is 17.4. The third-order valence-corrected chi connectivity index (χ3v) is 9.32. The molecule has 1 saturated heterocycles. The first-order chi connectivity index (χ1) is 19.3. The Morgan fingerprint density at radius 3 is 1.35 bits per heavy atom. The molecule has 0 N–H and O–H groups in total. The van der Waals surface area contributed by atoms with Gasteiger partial charge in [0.1, 0.15) is 5.75 Å². The molecule has 40 heavy (non-hydrogen) atoms. The molecule has 0 bridgehead atoms. The number of ether oxygens (including phenoxy) is 1. The minimum Gasteiger partial charge on any atom is -0.493 e. The van der Waals surface area contributed by atoms with Crippen LogP contribution in [-0.4, -0.2) is 24.9 Å². The van der Waals surface area contributed by atoms with Gasteiger partial charge in [-0.05, 0) is 64.1 Å². The molecule has 0 aliphatic carbocycles. The summed E-state index contributed by atoms with van der Waals surface area (Å²) in [6.07, 6.45) is 27.7. The summed E-state index contributed by atoms with van der Waals surface area (Å²) in [7, 11) is -0.315. The molecule has 0 spiro atoms. The molecular formula is C36H65BO3. The van der Waals surface area contributed by atoms with Crippen molar-refractivity contribution in [3.63, 3.8) is 0 Å². The molecule has 1 aromatic carbocycles. The number of rotatable bonds is 24. The molecule has 1 fully saturated rings. The van der Waals surface area contributed by atoms with Crippen LogP contribution in [0.5, 0.6) is 5.75 Å². The van der Waals surface area contributed by atoms with E-state index < -0.39 is 0 Å². The molecular weight excluding hydrogens is 491 g/mol. The van der Waals surface area contributed by atoms with Gasteiger partial charge < -0.3 is 14.0 Å². The maximum Gasteiger partial charge on any atom is 0.494 e. The Morgan fingerprint density at radius 1 is 0.575 bits per heavy atom. The lowest BCUT2D eigenvalue weighted by Gasteiger charge is -2.32. The van der Waals surface area contributed by atoms with Crippen LogP contribution in [0.3, 0.4) is 0 Å². The minimum absolute atomic E-state index is 0.315. The van der Waals surface area contributed by atoms with Crippen molar-refractivity contribution in [2.75, 3.05) is 6.61 Å². The summed E-state index contributed by atoms with van der Waals surface area (Å²) < 4.78 is 18.8. The summed E-state index contributed by atoms with van der Waals surface area (Å²) in [5, 5.41) is 0.